The molecule has 1 aliphatic rings. The Morgan fingerprint density at radius 2 is 2.00 bits per heavy atom. The van der Waals surface area contributed by atoms with E-state index in [1.807, 2.05) is 0 Å². The van der Waals surface area contributed by atoms with E-state index in [4.69, 9.17) is 5.11 Å². The van der Waals surface area contributed by atoms with Crippen LogP contribution in [0.15, 0.2) is 11.0 Å². The smallest absolute Gasteiger partial charge is 0.341 e. The largest absolute Gasteiger partial charge is 0.477 e. The van der Waals surface area contributed by atoms with Crippen LogP contribution in [0.1, 0.15) is 35.2 Å². The standard InChI is InChI=1S/C12H16N2O3/c1-8-9(14-5-3-2-4-6-14)7-13-11(15)10(8)12(16)17/h7H,2-6H2,1H3,(H,13,15)(H,16,17). The maximum Gasteiger partial charge on any atom is 0.341 e. The molecule has 5 nitrogen and oxygen atoms in total. The number of hydrogen-bond donors (Lipinski definition) is 2. The lowest BCUT2D eigenvalue weighted by Crippen LogP contribution is -2.32. The number of nitrogens with zero attached hydrogens (tertiary/aromatic N) is 1. The summed E-state index contributed by atoms with van der Waals surface area (Å²) in [4.78, 5) is 27.2. The van der Waals surface area contributed by atoms with Crippen LogP contribution in [0, 0.1) is 6.92 Å². The summed E-state index contributed by atoms with van der Waals surface area (Å²) in [6.45, 7) is 3.54. The summed E-state index contributed by atoms with van der Waals surface area (Å²) in [6.07, 6.45) is 5.06. The van der Waals surface area contributed by atoms with Gasteiger partial charge in [-0.1, -0.05) is 0 Å². The molecule has 0 radical (unpaired) electrons. The van der Waals surface area contributed by atoms with Crippen molar-refractivity contribution in [1.29, 1.82) is 0 Å². The molecule has 2 heterocycles. The number of nitrogens with one attached hydrogen (secondary N) is 1. The summed E-state index contributed by atoms with van der Waals surface area (Å²) in [5.41, 5.74) is 0.716. The highest BCUT2D eigenvalue weighted by atomic mass is 16.4. The average molecular weight is 236 g/mol. The molecule has 1 aromatic heterocycles. The summed E-state index contributed by atoms with van der Waals surface area (Å²) in [5, 5.41) is 9.03. The van der Waals surface area contributed by atoms with Gasteiger partial charge in [0.05, 0.1) is 5.69 Å². The van der Waals surface area contributed by atoms with Crippen LogP contribution >= 0.6 is 0 Å². The van der Waals surface area contributed by atoms with Crippen LogP contribution in [-0.2, 0) is 0 Å². The van der Waals surface area contributed by atoms with E-state index in [0.717, 1.165) is 31.6 Å². The van der Waals surface area contributed by atoms with Crippen LogP contribution in [0.2, 0.25) is 0 Å². The van der Waals surface area contributed by atoms with Crippen molar-refractivity contribution < 1.29 is 9.90 Å². The molecule has 5 heteroatoms. The number of carboxylic acids is 1. The minimum absolute atomic E-state index is 0.145. The lowest BCUT2D eigenvalue weighted by atomic mass is 10.1. The number of pyridine rings is 1. The van der Waals surface area contributed by atoms with Gasteiger partial charge in [-0.15, -0.1) is 0 Å². The van der Waals surface area contributed by atoms with Gasteiger partial charge in [-0.3, -0.25) is 4.79 Å². The highest BCUT2D eigenvalue weighted by molar-refractivity contribution is 5.90. The Morgan fingerprint density at radius 3 is 2.59 bits per heavy atom. The predicted molar refractivity (Wildman–Crippen MR) is 64.8 cm³/mol. The van der Waals surface area contributed by atoms with Crippen molar-refractivity contribution in [2.45, 2.75) is 26.2 Å². The second-order valence-corrected chi connectivity index (χ2v) is 4.36. The van der Waals surface area contributed by atoms with E-state index in [1.54, 1.807) is 13.1 Å². The molecule has 1 aromatic rings. The first-order valence-corrected chi connectivity index (χ1v) is 5.82. The Kier molecular flexibility index (Phi) is 3.17. The molecular weight excluding hydrogens is 220 g/mol. The zero-order valence-corrected chi connectivity index (χ0v) is 9.82. The van der Waals surface area contributed by atoms with Gasteiger partial charge in [0, 0.05) is 19.3 Å². The third-order valence-electron chi connectivity index (χ3n) is 3.24. The highest BCUT2D eigenvalue weighted by Crippen LogP contribution is 2.23. The third kappa shape index (κ3) is 2.18. The molecule has 2 N–H and O–H groups in total. The molecule has 0 unspecified atom stereocenters. The van der Waals surface area contributed by atoms with Crippen LogP contribution in [-0.4, -0.2) is 29.1 Å². The van der Waals surface area contributed by atoms with Crippen molar-refractivity contribution in [2.75, 3.05) is 18.0 Å². The molecule has 0 saturated carbocycles. The number of H-pyrrole nitrogens is 1. The third-order valence-corrected chi connectivity index (χ3v) is 3.24. The normalized spacial score (nSPS) is 15.9. The number of carboxylic acid groups (broad SMARTS) is 1. The fourth-order valence-corrected chi connectivity index (χ4v) is 2.33. The number of rotatable bonds is 2. The molecule has 17 heavy (non-hydrogen) atoms. The molecule has 0 atom stereocenters. The van der Waals surface area contributed by atoms with E-state index in [0.29, 0.717) is 5.56 Å². The van der Waals surface area contributed by atoms with Gasteiger partial charge in [0.25, 0.3) is 5.56 Å². The molecule has 0 bridgehead atoms. The van der Waals surface area contributed by atoms with Crippen molar-refractivity contribution in [2.24, 2.45) is 0 Å². The van der Waals surface area contributed by atoms with E-state index in [1.165, 1.54) is 6.42 Å². The molecule has 1 saturated heterocycles. The number of aromatic nitrogens is 1. The molecule has 0 aliphatic carbocycles. The number of aromatic carboxylic acids is 1. The maximum atomic E-state index is 11.5. The van der Waals surface area contributed by atoms with Crippen LogP contribution in [0.25, 0.3) is 0 Å². The second kappa shape index (κ2) is 4.61. The second-order valence-electron chi connectivity index (χ2n) is 4.36. The zero-order chi connectivity index (χ0) is 12.4. The number of anilines is 1. The lowest BCUT2D eigenvalue weighted by molar-refractivity contribution is 0.0694. The topological polar surface area (TPSA) is 73.4 Å². The monoisotopic (exact) mass is 236 g/mol. The Balaban J connectivity index is 2.44. The van der Waals surface area contributed by atoms with Crippen LogP contribution < -0.4 is 10.5 Å². The Hall–Kier alpha value is -1.78. The molecule has 0 spiro atoms. The van der Waals surface area contributed by atoms with E-state index in [2.05, 4.69) is 9.88 Å². The van der Waals surface area contributed by atoms with Crippen LogP contribution in [0.4, 0.5) is 5.69 Å². The quantitative estimate of drug-likeness (QED) is 0.813. The summed E-state index contributed by atoms with van der Waals surface area (Å²) < 4.78 is 0. The van der Waals surface area contributed by atoms with Gasteiger partial charge in [0.1, 0.15) is 5.56 Å². The molecule has 92 valence electrons. The fourth-order valence-electron chi connectivity index (χ4n) is 2.33. The van der Waals surface area contributed by atoms with Gasteiger partial charge in [-0.25, -0.2) is 4.79 Å². The SMILES string of the molecule is Cc1c(N2CCCCC2)c[nH]c(=O)c1C(=O)O. The first kappa shape index (κ1) is 11.7. The van der Waals surface area contributed by atoms with Gasteiger partial charge in [-0.05, 0) is 31.7 Å². The molecule has 0 aromatic carbocycles. The molecular formula is C12H16N2O3. The van der Waals surface area contributed by atoms with Crippen molar-refractivity contribution in [1.82, 2.24) is 4.98 Å². The van der Waals surface area contributed by atoms with Gasteiger partial charge in [0.15, 0.2) is 0 Å². The zero-order valence-electron chi connectivity index (χ0n) is 9.82. The average Bonchev–Trinajstić information content (AvgIpc) is 2.30. The van der Waals surface area contributed by atoms with E-state index in [9.17, 15) is 9.59 Å². The fraction of sp³-hybridized carbons (Fsp3) is 0.500. The summed E-state index contributed by atoms with van der Waals surface area (Å²) in [5.74, 6) is -1.16. The van der Waals surface area contributed by atoms with Crippen LogP contribution in [0.3, 0.4) is 0 Å². The van der Waals surface area contributed by atoms with Gasteiger partial charge in [-0.2, -0.15) is 0 Å². The van der Waals surface area contributed by atoms with E-state index < -0.39 is 11.5 Å². The summed E-state index contributed by atoms with van der Waals surface area (Å²) >= 11 is 0. The first-order chi connectivity index (χ1) is 8.11. The Labute approximate surface area is 99.1 Å². The lowest BCUT2D eigenvalue weighted by Gasteiger charge is -2.30. The van der Waals surface area contributed by atoms with Gasteiger partial charge >= 0.3 is 5.97 Å². The molecule has 1 aliphatic heterocycles. The first-order valence-electron chi connectivity index (χ1n) is 5.82. The summed E-state index contributed by atoms with van der Waals surface area (Å²) in [6, 6.07) is 0. The molecule has 0 amide bonds. The number of carbonyl (C=O) groups is 1. The van der Waals surface area contributed by atoms with Crippen molar-refractivity contribution >= 4 is 11.7 Å². The number of piperidine rings is 1. The van der Waals surface area contributed by atoms with Gasteiger partial charge in [0.2, 0.25) is 0 Å². The summed E-state index contributed by atoms with van der Waals surface area (Å²) in [7, 11) is 0. The minimum Gasteiger partial charge on any atom is -0.477 e. The molecule has 2 rings (SSSR count). The van der Waals surface area contributed by atoms with E-state index in [-0.39, 0.29) is 5.56 Å². The molecule has 1 fully saturated rings. The Bertz CT molecular complexity index is 487. The minimum atomic E-state index is -1.16. The van der Waals surface area contributed by atoms with Gasteiger partial charge < -0.3 is 15.0 Å². The van der Waals surface area contributed by atoms with Crippen molar-refractivity contribution in [3.8, 4) is 0 Å². The van der Waals surface area contributed by atoms with Crippen LogP contribution in [0.5, 0.6) is 0 Å². The predicted octanol–water partition coefficient (Wildman–Crippen LogP) is 1.37. The maximum absolute atomic E-state index is 11.5. The Morgan fingerprint density at radius 1 is 1.35 bits per heavy atom. The van der Waals surface area contributed by atoms with E-state index >= 15 is 0 Å². The van der Waals surface area contributed by atoms with Crippen molar-refractivity contribution in [3.05, 3.63) is 27.7 Å². The number of hydrogen-bond acceptors (Lipinski definition) is 3. The highest BCUT2D eigenvalue weighted by Gasteiger charge is 2.19. The van der Waals surface area contributed by atoms with Crippen molar-refractivity contribution in [3.63, 3.8) is 0 Å². The number of aromatic amines is 1.